The summed E-state index contributed by atoms with van der Waals surface area (Å²) in [5.41, 5.74) is 3.25. The SMILES string of the molecule is COc1ccc(CN(C)C(=O)CN2CCN(c3cccc(C)c3)CC2)cc1F. The highest BCUT2D eigenvalue weighted by atomic mass is 19.1. The Morgan fingerprint density at radius 2 is 1.89 bits per heavy atom. The molecule has 6 heteroatoms. The summed E-state index contributed by atoms with van der Waals surface area (Å²) < 4.78 is 18.8. The van der Waals surface area contributed by atoms with Crippen LogP contribution in [0.3, 0.4) is 0 Å². The number of aryl methyl sites for hydroxylation is 1. The van der Waals surface area contributed by atoms with Crippen molar-refractivity contribution in [3.8, 4) is 5.75 Å². The molecule has 0 spiro atoms. The minimum Gasteiger partial charge on any atom is -0.494 e. The summed E-state index contributed by atoms with van der Waals surface area (Å²) in [4.78, 5) is 18.8. The van der Waals surface area contributed by atoms with E-state index in [0.717, 1.165) is 31.7 Å². The third-order valence-electron chi connectivity index (χ3n) is 5.16. The predicted molar refractivity (Wildman–Crippen MR) is 109 cm³/mol. The Bertz CT molecular complexity index is 819. The van der Waals surface area contributed by atoms with Crippen LogP contribution in [-0.4, -0.2) is 62.6 Å². The second-order valence-corrected chi connectivity index (χ2v) is 7.32. The molecule has 0 saturated carbocycles. The van der Waals surface area contributed by atoms with Crippen LogP contribution in [0.2, 0.25) is 0 Å². The predicted octanol–water partition coefficient (Wildman–Crippen LogP) is 2.92. The maximum atomic E-state index is 13.8. The maximum Gasteiger partial charge on any atom is 0.236 e. The van der Waals surface area contributed by atoms with Crippen LogP contribution in [0, 0.1) is 12.7 Å². The first kappa shape index (κ1) is 20.1. The molecule has 0 atom stereocenters. The molecule has 1 amide bonds. The van der Waals surface area contributed by atoms with Gasteiger partial charge in [-0.05, 0) is 42.3 Å². The molecule has 3 rings (SSSR count). The molecule has 2 aromatic rings. The number of hydrogen-bond donors (Lipinski definition) is 0. The molecule has 0 radical (unpaired) electrons. The van der Waals surface area contributed by atoms with Crippen molar-refractivity contribution in [1.29, 1.82) is 0 Å². The van der Waals surface area contributed by atoms with Gasteiger partial charge in [-0.1, -0.05) is 18.2 Å². The first-order chi connectivity index (χ1) is 13.5. The van der Waals surface area contributed by atoms with E-state index in [0.29, 0.717) is 13.1 Å². The van der Waals surface area contributed by atoms with Crippen molar-refractivity contribution in [1.82, 2.24) is 9.80 Å². The monoisotopic (exact) mass is 385 g/mol. The third-order valence-corrected chi connectivity index (χ3v) is 5.16. The Labute approximate surface area is 166 Å². The fourth-order valence-electron chi connectivity index (χ4n) is 3.47. The van der Waals surface area contributed by atoms with Gasteiger partial charge in [0.15, 0.2) is 11.6 Å². The lowest BCUT2D eigenvalue weighted by Gasteiger charge is -2.36. The number of rotatable bonds is 6. The number of carbonyl (C=O) groups is 1. The van der Waals surface area contributed by atoms with Gasteiger partial charge in [0.25, 0.3) is 0 Å². The standard InChI is InChI=1S/C22H28FN3O2/c1-17-5-4-6-19(13-17)26-11-9-25(10-12-26)16-22(27)24(2)15-18-7-8-21(28-3)20(23)14-18/h4-8,13-14H,9-12,15-16H2,1-3H3. The van der Waals surface area contributed by atoms with E-state index in [4.69, 9.17) is 4.74 Å². The van der Waals surface area contributed by atoms with Crippen molar-refractivity contribution in [2.45, 2.75) is 13.5 Å². The van der Waals surface area contributed by atoms with E-state index in [1.807, 2.05) is 0 Å². The van der Waals surface area contributed by atoms with Gasteiger partial charge in [0, 0.05) is 45.5 Å². The number of likely N-dealkylation sites (N-methyl/N-ethyl adjacent to an activating group) is 1. The highest BCUT2D eigenvalue weighted by molar-refractivity contribution is 5.78. The van der Waals surface area contributed by atoms with Crippen molar-refractivity contribution in [3.05, 3.63) is 59.4 Å². The lowest BCUT2D eigenvalue weighted by molar-refractivity contribution is -0.131. The van der Waals surface area contributed by atoms with Gasteiger partial charge in [-0.3, -0.25) is 9.69 Å². The number of anilines is 1. The molecule has 2 aromatic carbocycles. The Hall–Kier alpha value is -2.60. The molecule has 1 saturated heterocycles. The van der Waals surface area contributed by atoms with Gasteiger partial charge in [0.1, 0.15) is 0 Å². The van der Waals surface area contributed by atoms with Crippen molar-refractivity contribution in [2.24, 2.45) is 0 Å². The van der Waals surface area contributed by atoms with Crippen LogP contribution in [0.1, 0.15) is 11.1 Å². The van der Waals surface area contributed by atoms with E-state index in [1.54, 1.807) is 24.1 Å². The number of halogens is 1. The summed E-state index contributed by atoms with van der Waals surface area (Å²) in [6, 6.07) is 13.3. The molecule has 1 aliphatic heterocycles. The van der Waals surface area contributed by atoms with Gasteiger partial charge in [-0.2, -0.15) is 0 Å². The van der Waals surface area contributed by atoms with Crippen molar-refractivity contribution in [3.63, 3.8) is 0 Å². The van der Waals surface area contributed by atoms with Crippen LogP contribution in [0.5, 0.6) is 5.75 Å². The molecular formula is C22H28FN3O2. The topological polar surface area (TPSA) is 36.0 Å². The number of amides is 1. The number of nitrogens with zero attached hydrogens (tertiary/aromatic N) is 3. The van der Waals surface area contributed by atoms with Crippen LogP contribution < -0.4 is 9.64 Å². The average Bonchev–Trinajstić information content (AvgIpc) is 2.68. The van der Waals surface area contributed by atoms with Crippen molar-refractivity contribution >= 4 is 11.6 Å². The number of piperazine rings is 1. The van der Waals surface area contributed by atoms with Gasteiger partial charge in [-0.25, -0.2) is 4.39 Å². The lowest BCUT2D eigenvalue weighted by atomic mass is 10.2. The van der Waals surface area contributed by atoms with Crippen LogP contribution in [0.4, 0.5) is 10.1 Å². The number of benzene rings is 2. The van der Waals surface area contributed by atoms with E-state index < -0.39 is 5.82 Å². The van der Waals surface area contributed by atoms with Gasteiger partial charge in [0.05, 0.1) is 13.7 Å². The zero-order chi connectivity index (χ0) is 20.1. The normalized spacial score (nSPS) is 14.8. The number of carbonyl (C=O) groups excluding carboxylic acids is 1. The van der Waals surface area contributed by atoms with E-state index >= 15 is 0 Å². The first-order valence-corrected chi connectivity index (χ1v) is 9.56. The molecule has 0 N–H and O–H groups in total. The first-order valence-electron chi connectivity index (χ1n) is 9.56. The molecule has 1 heterocycles. The van der Waals surface area contributed by atoms with E-state index in [2.05, 4.69) is 41.0 Å². The molecule has 28 heavy (non-hydrogen) atoms. The third kappa shape index (κ3) is 5.01. The zero-order valence-electron chi connectivity index (χ0n) is 16.8. The molecule has 150 valence electrons. The van der Waals surface area contributed by atoms with E-state index in [1.165, 1.54) is 24.4 Å². The second kappa shape index (κ2) is 9.06. The second-order valence-electron chi connectivity index (χ2n) is 7.32. The molecule has 5 nitrogen and oxygen atoms in total. The van der Waals surface area contributed by atoms with Gasteiger partial charge in [0.2, 0.25) is 5.91 Å². The fourth-order valence-corrected chi connectivity index (χ4v) is 3.47. The van der Waals surface area contributed by atoms with Crippen LogP contribution in [0.15, 0.2) is 42.5 Å². The molecule has 0 aromatic heterocycles. The van der Waals surface area contributed by atoms with Crippen LogP contribution in [0.25, 0.3) is 0 Å². The summed E-state index contributed by atoms with van der Waals surface area (Å²) in [6.45, 7) is 6.38. The summed E-state index contributed by atoms with van der Waals surface area (Å²) in [6.07, 6.45) is 0. The lowest BCUT2D eigenvalue weighted by Crippen LogP contribution is -2.49. The van der Waals surface area contributed by atoms with Crippen LogP contribution in [-0.2, 0) is 11.3 Å². The Morgan fingerprint density at radius 3 is 2.54 bits per heavy atom. The number of hydrogen-bond acceptors (Lipinski definition) is 4. The highest BCUT2D eigenvalue weighted by Gasteiger charge is 2.21. The molecule has 1 aliphatic rings. The summed E-state index contributed by atoms with van der Waals surface area (Å²) in [7, 11) is 3.19. The molecule has 0 unspecified atom stereocenters. The molecular weight excluding hydrogens is 357 g/mol. The smallest absolute Gasteiger partial charge is 0.236 e. The van der Waals surface area contributed by atoms with Crippen molar-refractivity contribution in [2.75, 3.05) is 51.8 Å². The Balaban J connectivity index is 1.49. The minimum absolute atomic E-state index is 0.0419. The minimum atomic E-state index is -0.409. The van der Waals surface area contributed by atoms with Gasteiger partial charge < -0.3 is 14.5 Å². The van der Waals surface area contributed by atoms with Crippen molar-refractivity contribution < 1.29 is 13.9 Å². The largest absolute Gasteiger partial charge is 0.494 e. The fraction of sp³-hybridized carbons (Fsp3) is 0.409. The van der Waals surface area contributed by atoms with E-state index in [-0.39, 0.29) is 11.7 Å². The maximum absolute atomic E-state index is 13.8. The number of methoxy groups -OCH3 is 1. The Kier molecular flexibility index (Phi) is 6.52. The van der Waals surface area contributed by atoms with Gasteiger partial charge >= 0.3 is 0 Å². The highest BCUT2D eigenvalue weighted by Crippen LogP contribution is 2.19. The quantitative estimate of drug-likeness (QED) is 0.766. The average molecular weight is 385 g/mol. The summed E-state index contributed by atoms with van der Waals surface area (Å²) in [5.74, 6) is -0.155. The summed E-state index contributed by atoms with van der Waals surface area (Å²) in [5, 5.41) is 0. The van der Waals surface area contributed by atoms with Gasteiger partial charge in [-0.15, -0.1) is 0 Å². The molecule has 1 fully saturated rings. The molecule has 0 bridgehead atoms. The Morgan fingerprint density at radius 1 is 1.14 bits per heavy atom. The zero-order valence-corrected chi connectivity index (χ0v) is 16.8. The number of ether oxygens (including phenoxy) is 1. The van der Waals surface area contributed by atoms with Crippen LogP contribution >= 0.6 is 0 Å². The van der Waals surface area contributed by atoms with E-state index in [9.17, 15) is 9.18 Å². The molecule has 0 aliphatic carbocycles. The summed E-state index contributed by atoms with van der Waals surface area (Å²) >= 11 is 0.